The summed E-state index contributed by atoms with van der Waals surface area (Å²) >= 11 is 1.52. The Morgan fingerprint density at radius 2 is 1.81 bits per heavy atom. The molecule has 2 aliphatic carbocycles. The molecule has 138 valence electrons. The Labute approximate surface area is 162 Å². The number of aromatic amines is 1. The van der Waals surface area contributed by atoms with E-state index in [0.29, 0.717) is 17.8 Å². The quantitative estimate of drug-likeness (QED) is 0.697. The van der Waals surface area contributed by atoms with Crippen LogP contribution in [0, 0.1) is 0 Å². The van der Waals surface area contributed by atoms with Gasteiger partial charge in [0.15, 0.2) is 0 Å². The van der Waals surface area contributed by atoms with Crippen molar-refractivity contribution in [1.82, 2.24) is 20.1 Å². The number of thiazole rings is 1. The Morgan fingerprint density at radius 1 is 1.07 bits per heavy atom. The van der Waals surface area contributed by atoms with E-state index in [1.54, 1.807) is 6.20 Å². The molecule has 5 nitrogen and oxygen atoms in total. The SMILES string of the molecule is O=C(c1csc(-c2cn[nH]c2-c2ccccc2)n1)N(C1CCCC1)C1CC1. The number of nitrogens with one attached hydrogen (secondary N) is 1. The van der Waals surface area contributed by atoms with Gasteiger partial charge in [0, 0.05) is 23.0 Å². The monoisotopic (exact) mass is 378 g/mol. The maximum absolute atomic E-state index is 13.2. The second-order valence-corrected chi connectivity index (χ2v) is 8.30. The van der Waals surface area contributed by atoms with Crippen molar-refractivity contribution in [3.05, 3.63) is 47.6 Å². The number of nitrogens with zero attached hydrogens (tertiary/aromatic N) is 3. The van der Waals surface area contributed by atoms with Gasteiger partial charge in [-0.2, -0.15) is 5.10 Å². The normalized spacial score (nSPS) is 17.3. The van der Waals surface area contributed by atoms with Crippen LogP contribution in [0.1, 0.15) is 49.0 Å². The number of H-pyrrole nitrogens is 1. The maximum Gasteiger partial charge on any atom is 0.273 e. The molecule has 0 saturated heterocycles. The summed E-state index contributed by atoms with van der Waals surface area (Å²) in [6.07, 6.45) is 8.82. The Morgan fingerprint density at radius 3 is 2.56 bits per heavy atom. The van der Waals surface area contributed by atoms with Crippen molar-refractivity contribution in [3.63, 3.8) is 0 Å². The zero-order chi connectivity index (χ0) is 18.2. The number of carbonyl (C=O) groups is 1. The predicted octanol–water partition coefficient (Wildman–Crippen LogP) is 4.75. The molecule has 27 heavy (non-hydrogen) atoms. The summed E-state index contributed by atoms with van der Waals surface area (Å²) in [7, 11) is 0. The molecule has 1 aromatic carbocycles. The van der Waals surface area contributed by atoms with Gasteiger partial charge in [0.05, 0.1) is 17.5 Å². The van der Waals surface area contributed by atoms with Crippen LogP contribution in [0.2, 0.25) is 0 Å². The highest BCUT2D eigenvalue weighted by Crippen LogP contribution is 2.37. The standard InChI is InChI=1S/C21H22N4OS/c26-21(25(16-10-11-16)15-8-4-5-9-15)18-13-27-20(23-18)17-12-22-24-19(17)14-6-2-1-3-7-14/h1-3,6-7,12-13,15-16H,4-5,8-11H2,(H,22,24). The lowest BCUT2D eigenvalue weighted by Crippen LogP contribution is -2.40. The summed E-state index contributed by atoms with van der Waals surface area (Å²) in [5.41, 5.74) is 3.54. The Hall–Kier alpha value is -2.47. The second-order valence-electron chi connectivity index (χ2n) is 7.44. The molecule has 2 saturated carbocycles. The molecule has 3 aromatic rings. The first-order valence-corrected chi connectivity index (χ1v) is 10.6. The maximum atomic E-state index is 13.2. The fraction of sp³-hybridized carbons (Fsp3) is 0.381. The number of carbonyl (C=O) groups excluding carboxylic acids is 1. The van der Waals surface area contributed by atoms with E-state index in [9.17, 15) is 4.79 Å². The third-order valence-corrected chi connectivity index (χ3v) is 6.42. The molecule has 1 amide bonds. The lowest BCUT2D eigenvalue weighted by molar-refractivity contribution is 0.0659. The fourth-order valence-corrected chi connectivity index (χ4v) is 4.88. The summed E-state index contributed by atoms with van der Waals surface area (Å²) < 4.78 is 0. The highest BCUT2D eigenvalue weighted by atomic mass is 32.1. The van der Waals surface area contributed by atoms with Crippen LogP contribution in [-0.2, 0) is 0 Å². The van der Waals surface area contributed by atoms with Gasteiger partial charge in [0.25, 0.3) is 5.91 Å². The fourth-order valence-electron chi connectivity index (χ4n) is 4.07. The van der Waals surface area contributed by atoms with Gasteiger partial charge < -0.3 is 4.90 Å². The highest BCUT2D eigenvalue weighted by molar-refractivity contribution is 7.13. The lowest BCUT2D eigenvalue weighted by atomic mass is 10.1. The van der Waals surface area contributed by atoms with Crippen LogP contribution in [0.4, 0.5) is 0 Å². The summed E-state index contributed by atoms with van der Waals surface area (Å²) in [5, 5.41) is 10.0. The molecule has 0 unspecified atom stereocenters. The van der Waals surface area contributed by atoms with Gasteiger partial charge >= 0.3 is 0 Å². The first kappa shape index (κ1) is 16.7. The van der Waals surface area contributed by atoms with Crippen LogP contribution in [0.25, 0.3) is 21.8 Å². The molecule has 0 aliphatic heterocycles. The molecule has 0 spiro atoms. The molecular formula is C21H22N4OS. The first-order valence-electron chi connectivity index (χ1n) is 9.68. The second kappa shape index (κ2) is 6.93. The van der Waals surface area contributed by atoms with Crippen LogP contribution in [0.3, 0.4) is 0 Å². The summed E-state index contributed by atoms with van der Waals surface area (Å²) in [6.45, 7) is 0. The predicted molar refractivity (Wildman–Crippen MR) is 107 cm³/mol. The van der Waals surface area contributed by atoms with Crippen LogP contribution in [0.5, 0.6) is 0 Å². The van der Waals surface area contributed by atoms with Gasteiger partial charge in [-0.05, 0) is 25.7 Å². The molecule has 6 heteroatoms. The minimum Gasteiger partial charge on any atom is -0.331 e. The van der Waals surface area contributed by atoms with Gasteiger partial charge in [-0.25, -0.2) is 4.98 Å². The lowest BCUT2D eigenvalue weighted by Gasteiger charge is -2.28. The number of hydrogen-bond acceptors (Lipinski definition) is 4. The molecule has 2 aliphatic rings. The number of hydrogen-bond donors (Lipinski definition) is 1. The van der Waals surface area contributed by atoms with Crippen LogP contribution < -0.4 is 0 Å². The van der Waals surface area contributed by atoms with Gasteiger partial charge in [-0.15, -0.1) is 11.3 Å². The Bertz CT molecular complexity index is 938. The molecular weight excluding hydrogens is 356 g/mol. The van der Waals surface area contributed by atoms with E-state index in [-0.39, 0.29) is 5.91 Å². The molecule has 2 aromatic heterocycles. The third kappa shape index (κ3) is 3.18. The van der Waals surface area contributed by atoms with Crippen molar-refractivity contribution in [2.75, 3.05) is 0 Å². The average molecular weight is 379 g/mol. The minimum absolute atomic E-state index is 0.108. The van der Waals surface area contributed by atoms with Crippen molar-refractivity contribution in [1.29, 1.82) is 0 Å². The van der Waals surface area contributed by atoms with Crippen molar-refractivity contribution < 1.29 is 4.79 Å². The molecule has 1 N–H and O–H groups in total. The molecule has 0 radical (unpaired) electrons. The van der Waals surface area contributed by atoms with Crippen LogP contribution in [0.15, 0.2) is 41.9 Å². The van der Waals surface area contributed by atoms with E-state index < -0.39 is 0 Å². The summed E-state index contributed by atoms with van der Waals surface area (Å²) in [6, 6.07) is 10.9. The van der Waals surface area contributed by atoms with Gasteiger partial charge in [0.2, 0.25) is 0 Å². The van der Waals surface area contributed by atoms with Gasteiger partial charge in [-0.3, -0.25) is 9.89 Å². The van der Waals surface area contributed by atoms with Crippen LogP contribution in [-0.4, -0.2) is 38.1 Å². The number of amides is 1. The van der Waals surface area contributed by atoms with E-state index >= 15 is 0 Å². The number of benzene rings is 1. The molecule has 2 fully saturated rings. The average Bonchev–Trinajstić information content (AvgIpc) is 3.15. The van der Waals surface area contributed by atoms with Crippen LogP contribution >= 0.6 is 11.3 Å². The van der Waals surface area contributed by atoms with Crippen molar-refractivity contribution in [3.8, 4) is 21.8 Å². The highest BCUT2D eigenvalue weighted by Gasteiger charge is 2.39. The Balaban J connectivity index is 1.44. The molecule has 0 bridgehead atoms. The third-order valence-electron chi connectivity index (χ3n) is 5.55. The summed E-state index contributed by atoms with van der Waals surface area (Å²) in [5.74, 6) is 0.108. The van der Waals surface area contributed by atoms with E-state index in [1.807, 2.05) is 35.7 Å². The van der Waals surface area contributed by atoms with Gasteiger partial charge in [-0.1, -0.05) is 43.2 Å². The van der Waals surface area contributed by atoms with E-state index in [2.05, 4.69) is 15.1 Å². The Kier molecular flexibility index (Phi) is 4.28. The summed E-state index contributed by atoms with van der Waals surface area (Å²) in [4.78, 5) is 20.0. The smallest absolute Gasteiger partial charge is 0.273 e. The molecule has 5 rings (SSSR count). The first-order chi connectivity index (χ1) is 13.3. The van der Waals surface area contributed by atoms with Crippen molar-refractivity contribution in [2.45, 2.75) is 50.6 Å². The molecule has 2 heterocycles. The number of rotatable bonds is 5. The zero-order valence-corrected chi connectivity index (χ0v) is 15.9. The minimum atomic E-state index is 0.108. The van der Waals surface area contributed by atoms with Crippen molar-refractivity contribution in [2.24, 2.45) is 0 Å². The largest absolute Gasteiger partial charge is 0.331 e. The van der Waals surface area contributed by atoms with Crippen molar-refractivity contribution >= 4 is 17.2 Å². The topological polar surface area (TPSA) is 61.9 Å². The number of aromatic nitrogens is 3. The van der Waals surface area contributed by atoms with E-state index in [1.165, 1.54) is 24.2 Å². The van der Waals surface area contributed by atoms with E-state index in [4.69, 9.17) is 4.98 Å². The zero-order valence-electron chi connectivity index (χ0n) is 15.1. The molecule has 0 atom stereocenters. The van der Waals surface area contributed by atoms with E-state index in [0.717, 1.165) is 47.5 Å². The van der Waals surface area contributed by atoms with Gasteiger partial charge in [0.1, 0.15) is 10.7 Å².